The topological polar surface area (TPSA) is 88.5 Å². The molecule has 1 atom stereocenters. The molecule has 23 heavy (non-hydrogen) atoms. The zero-order valence-electron chi connectivity index (χ0n) is 13.5. The van der Waals surface area contributed by atoms with Crippen LogP contribution in [0.1, 0.15) is 29.8 Å². The van der Waals surface area contributed by atoms with E-state index >= 15 is 0 Å². The van der Waals surface area contributed by atoms with Crippen LogP contribution >= 0.6 is 0 Å². The number of rotatable bonds is 5. The molecule has 1 unspecified atom stereocenters. The van der Waals surface area contributed by atoms with E-state index in [2.05, 4.69) is 9.71 Å². The van der Waals surface area contributed by atoms with Gasteiger partial charge in [-0.1, -0.05) is 19.9 Å². The normalized spacial score (nSPS) is 11.0. The highest BCUT2D eigenvalue weighted by atomic mass is 32.2. The molecular weight excluding hydrogens is 316 g/mol. The van der Waals surface area contributed by atoms with Gasteiger partial charge in [-0.2, -0.15) is 0 Å². The minimum absolute atomic E-state index is 0.0805. The molecule has 0 amide bonds. The van der Waals surface area contributed by atoms with Crippen molar-refractivity contribution in [2.75, 3.05) is 11.8 Å². The molecule has 6 nitrogen and oxygen atoms in total. The molecule has 1 aromatic heterocycles. The van der Waals surface area contributed by atoms with Crippen molar-refractivity contribution in [3.63, 3.8) is 0 Å². The Kier molecular flexibility index (Phi) is 7.21. The van der Waals surface area contributed by atoms with E-state index in [1.165, 1.54) is 19.2 Å². The lowest BCUT2D eigenvalue weighted by atomic mass is 10.2. The van der Waals surface area contributed by atoms with E-state index in [1.807, 2.05) is 20.8 Å². The number of hydrogen-bond donors (Lipinski definition) is 2. The minimum Gasteiger partial charge on any atom is -0.480 e. The van der Waals surface area contributed by atoms with Crippen molar-refractivity contribution >= 4 is 22.6 Å². The fraction of sp³-hybridized carbons (Fsp3) is 0.250. The molecule has 0 saturated carbocycles. The zero-order chi connectivity index (χ0) is 17.4. The van der Waals surface area contributed by atoms with Crippen LogP contribution in [0.5, 0.6) is 5.88 Å². The number of pyridine rings is 1. The number of aromatic carboxylic acids is 1. The van der Waals surface area contributed by atoms with Gasteiger partial charge in [-0.25, -0.2) is 14.0 Å². The van der Waals surface area contributed by atoms with Crippen LogP contribution in [0, 0.1) is 6.92 Å². The Morgan fingerprint density at radius 3 is 2.61 bits per heavy atom. The summed E-state index contributed by atoms with van der Waals surface area (Å²) in [5.41, 5.74) is 1.45. The van der Waals surface area contributed by atoms with E-state index in [0.717, 1.165) is 5.56 Å². The maximum absolute atomic E-state index is 12.3. The summed E-state index contributed by atoms with van der Waals surface area (Å²) in [7, 11) is -0.146. The standard InChI is InChI=1S/C14H14N2O4S.C2H6/c1-9-6-12(13(20-2)15-8-9)16-21(19)11-5-3-4-10(7-11)14(17)18;1-2/h3-8,16H,1-2H3,(H,17,18);1-2H3. The summed E-state index contributed by atoms with van der Waals surface area (Å²) >= 11 is 0. The molecule has 0 spiro atoms. The monoisotopic (exact) mass is 336 g/mol. The van der Waals surface area contributed by atoms with Crippen molar-refractivity contribution in [1.29, 1.82) is 0 Å². The van der Waals surface area contributed by atoms with Crippen molar-refractivity contribution in [2.24, 2.45) is 0 Å². The maximum Gasteiger partial charge on any atom is 0.335 e. The Hall–Kier alpha value is -2.41. The van der Waals surface area contributed by atoms with Crippen molar-refractivity contribution in [3.05, 3.63) is 47.7 Å². The van der Waals surface area contributed by atoms with E-state index in [1.54, 1.807) is 24.4 Å². The summed E-state index contributed by atoms with van der Waals surface area (Å²) in [5.74, 6) is -0.744. The van der Waals surface area contributed by atoms with Gasteiger partial charge in [-0.05, 0) is 36.8 Å². The number of carboxylic acids is 1. The third-order valence-corrected chi connectivity index (χ3v) is 3.77. The lowest BCUT2D eigenvalue weighted by Gasteiger charge is -2.10. The number of hydrogen-bond acceptors (Lipinski definition) is 4. The number of nitrogens with zero attached hydrogens (tertiary/aromatic N) is 1. The number of carbonyl (C=O) groups is 1. The first-order chi connectivity index (χ1) is 11.0. The maximum atomic E-state index is 12.3. The Bertz CT molecular complexity index is 704. The fourth-order valence-corrected chi connectivity index (χ4v) is 2.60. The summed E-state index contributed by atoms with van der Waals surface area (Å²) in [6, 6.07) is 7.69. The molecule has 124 valence electrons. The van der Waals surface area contributed by atoms with Crippen LogP contribution in [0.2, 0.25) is 0 Å². The molecule has 0 aliphatic rings. The number of carboxylic acid groups (broad SMARTS) is 1. The molecule has 2 rings (SSSR count). The lowest BCUT2D eigenvalue weighted by Crippen LogP contribution is -2.08. The van der Waals surface area contributed by atoms with Gasteiger partial charge in [-0.15, -0.1) is 0 Å². The van der Waals surface area contributed by atoms with Gasteiger partial charge in [0.15, 0.2) is 0 Å². The largest absolute Gasteiger partial charge is 0.480 e. The molecule has 0 saturated heterocycles. The van der Waals surface area contributed by atoms with Gasteiger partial charge in [0, 0.05) is 6.20 Å². The van der Waals surface area contributed by atoms with E-state index in [9.17, 15) is 9.00 Å². The van der Waals surface area contributed by atoms with Gasteiger partial charge in [0.05, 0.1) is 17.6 Å². The van der Waals surface area contributed by atoms with Crippen LogP contribution in [0.3, 0.4) is 0 Å². The highest BCUT2D eigenvalue weighted by Crippen LogP contribution is 2.24. The van der Waals surface area contributed by atoms with Gasteiger partial charge < -0.3 is 9.84 Å². The fourth-order valence-electron chi connectivity index (χ4n) is 1.70. The molecular formula is C16H20N2O4S. The smallest absolute Gasteiger partial charge is 0.335 e. The van der Waals surface area contributed by atoms with Crippen LogP contribution < -0.4 is 9.46 Å². The number of methoxy groups -OCH3 is 1. The van der Waals surface area contributed by atoms with Crippen molar-refractivity contribution in [3.8, 4) is 5.88 Å². The predicted molar refractivity (Wildman–Crippen MR) is 90.3 cm³/mol. The molecule has 0 aliphatic carbocycles. The molecule has 1 aromatic carbocycles. The van der Waals surface area contributed by atoms with Gasteiger partial charge in [0.1, 0.15) is 16.7 Å². The number of nitrogens with one attached hydrogen (secondary N) is 1. The quantitative estimate of drug-likeness (QED) is 0.875. The number of aryl methyl sites for hydroxylation is 1. The zero-order valence-corrected chi connectivity index (χ0v) is 14.3. The second-order valence-electron chi connectivity index (χ2n) is 4.27. The SMILES string of the molecule is CC.COc1ncc(C)cc1NS(=O)c1cccc(C(=O)O)c1. The summed E-state index contributed by atoms with van der Waals surface area (Å²) in [5, 5.41) is 8.95. The van der Waals surface area contributed by atoms with E-state index in [0.29, 0.717) is 16.5 Å². The van der Waals surface area contributed by atoms with Gasteiger partial charge >= 0.3 is 5.97 Å². The van der Waals surface area contributed by atoms with Crippen molar-refractivity contribution in [1.82, 2.24) is 4.98 Å². The molecule has 2 N–H and O–H groups in total. The molecule has 1 heterocycles. The van der Waals surface area contributed by atoms with Crippen LogP contribution in [-0.2, 0) is 11.0 Å². The second kappa shape index (κ2) is 8.89. The highest BCUT2D eigenvalue weighted by Gasteiger charge is 2.12. The minimum atomic E-state index is -1.61. The molecule has 0 aliphatic heterocycles. The second-order valence-corrected chi connectivity index (χ2v) is 5.49. The summed E-state index contributed by atoms with van der Waals surface area (Å²) in [4.78, 5) is 15.4. The first kappa shape index (κ1) is 18.6. The van der Waals surface area contributed by atoms with Crippen molar-refractivity contribution < 1.29 is 18.8 Å². The molecule has 0 fully saturated rings. The summed E-state index contributed by atoms with van der Waals surface area (Å²) < 4.78 is 20.2. The van der Waals surface area contributed by atoms with Crippen LogP contribution in [0.15, 0.2) is 41.4 Å². The van der Waals surface area contributed by atoms with E-state index < -0.39 is 17.0 Å². The first-order valence-electron chi connectivity index (χ1n) is 7.03. The third kappa shape index (κ3) is 5.07. The average Bonchev–Trinajstić information content (AvgIpc) is 2.57. The predicted octanol–water partition coefficient (Wildman–Crippen LogP) is 3.26. The average molecular weight is 336 g/mol. The summed E-state index contributed by atoms with van der Waals surface area (Å²) in [6.45, 7) is 5.85. The van der Waals surface area contributed by atoms with E-state index in [-0.39, 0.29) is 5.56 Å². The number of aromatic nitrogens is 1. The van der Waals surface area contributed by atoms with Gasteiger partial charge in [0.25, 0.3) is 0 Å². The van der Waals surface area contributed by atoms with Crippen LogP contribution in [-0.4, -0.2) is 27.4 Å². The van der Waals surface area contributed by atoms with Crippen molar-refractivity contribution in [2.45, 2.75) is 25.7 Å². The van der Waals surface area contributed by atoms with Crippen LogP contribution in [0.25, 0.3) is 0 Å². The number of benzene rings is 1. The number of anilines is 1. The number of ether oxygens (including phenoxy) is 1. The van der Waals surface area contributed by atoms with Gasteiger partial charge in [-0.3, -0.25) is 4.72 Å². The summed E-state index contributed by atoms with van der Waals surface area (Å²) in [6.07, 6.45) is 1.64. The Balaban J connectivity index is 0.00000127. The molecule has 0 bridgehead atoms. The third-order valence-electron chi connectivity index (χ3n) is 2.68. The lowest BCUT2D eigenvalue weighted by molar-refractivity contribution is 0.0696. The van der Waals surface area contributed by atoms with E-state index in [4.69, 9.17) is 9.84 Å². The Labute approximate surface area is 138 Å². The highest BCUT2D eigenvalue weighted by molar-refractivity contribution is 7.86. The van der Waals surface area contributed by atoms with Crippen LogP contribution in [0.4, 0.5) is 5.69 Å². The Morgan fingerprint density at radius 2 is 2.00 bits per heavy atom. The molecule has 2 aromatic rings. The van der Waals surface area contributed by atoms with Gasteiger partial charge in [0.2, 0.25) is 5.88 Å². The molecule has 7 heteroatoms. The Morgan fingerprint density at radius 1 is 1.30 bits per heavy atom. The molecule has 0 radical (unpaired) electrons. The first-order valence-corrected chi connectivity index (χ1v) is 8.18.